The summed E-state index contributed by atoms with van der Waals surface area (Å²) in [5, 5.41) is 7.71. The summed E-state index contributed by atoms with van der Waals surface area (Å²) < 4.78 is 5.26. The van der Waals surface area contributed by atoms with Crippen molar-refractivity contribution in [3.8, 4) is 11.4 Å². The van der Waals surface area contributed by atoms with Crippen molar-refractivity contribution in [3.05, 3.63) is 35.2 Å². The number of amides is 1. The Balaban J connectivity index is 1.69. The molecule has 0 fully saturated rings. The summed E-state index contributed by atoms with van der Waals surface area (Å²) in [7, 11) is 0. The summed E-state index contributed by atoms with van der Waals surface area (Å²) in [5.41, 5.74) is 0.859. The van der Waals surface area contributed by atoms with Crippen LogP contribution in [-0.2, 0) is 11.2 Å². The van der Waals surface area contributed by atoms with Crippen molar-refractivity contribution in [1.29, 1.82) is 0 Å². The molecule has 0 saturated carbocycles. The van der Waals surface area contributed by atoms with E-state index in [0.29, 0.717) is 41.9 Å². The largest absolute Gasteiger partial charge is 0.354 e. The number of benzene rings is 1. The van der Waals surface area contributed by atoms with Crippen LogP contribution >= 0.6 is 11.6 Å². The highest BCUT2D eigenvalue weighted by Crippen LogP contribution is 2.19. The lowest BCUT2D eigenvalue weighted by Gasteiger charge is -2.14. The molecule has 1 amide bonds. The Morgan fingerprint density at radius 1 is 1.15 bits per heavy atom. The minimum atomic E-state index is 0.0829. The van der Waals surface area contributed by atoms with Crippen LogP contribution in [0.5, 0.6) is 0 Å². The highest BCUT2D eigenvalue weighted by atomic mass is 35.5. The van der Waals surface area contributed by atoms with Crippen molar-refractivity contribution in [1.82, 2.24) is 15.5 Å². The van der Waals surface area contributed by atoms with E-state index in [0.717, 1.165) is 18.4 Å². The lowest BCUT2D eigenvalue weighted by Crippen LogP contribution is -2.32. The normalized spacial score (nSPS) is 12.3. The number of carbonyl (C=O) groups is 1. The summed E-state index contributed by atoms with van der Waals surface area (Å²) >= 11 is 5.88. The second-order valence-corrected chi connectivity index (χ2v) is 7.60. The van der Waals surface area contributed by atoms with Crippen LogP contribution in [0.25, 0.3) is 11.4 Å². The number of hydrogen-bond acceptors (Lipinski definition) is 4. The van der Waals surface area contributed by atoms with Crippen molar-refractivity contribution >= 4 is 17.5 Å². The molecule has 1 unspecified atom stereocenters. The van der Waals surface area contributed by atoms with Crippen LogP contribution in [0.4, 0.5) is 0 Å². The SMILES string of the molecule is CC(C)CCCC(C)NC(=O)CCCc1nc(-c2ccc(Cl)cc2)no1. The van der Waals surface area contributed by atoms with E-state index < -0.39 is 0 Å². The Labute approximate surface area is 160 Å². The van der Waals surface area contributed by atoms with Gasteiger partial charge in [-0.2, -0.15) is 4.98 Å². The molecule has 0 aliphatic rings. The number of aromatic nitrogens is 2. The molecule has 1 atom stereocenters. The molecular weight excluding hydrogens is 350 g/mol. The van der Waals surface area contributed by atoms with Gasteiger partial charge in [-0.1, -0.05) is 43.4 Å². The fourth-order valence-corrected chi connectivity index (χ4v) is 2.85. The van der Waals surface area contributed by atoms with Gasteiger partial charge in [0.1, 0.15) is 0 Å². The van der Waals surface area contributed by atoms with E-state index in [1.807, 2.05) is 12.1 Å². The first kappa shape index (κ1) is 20.4. The molecule has 0 spiro atoms. The molecule has 2 aromatic rings. The van der Waals surface area contributed by atoms with Crippen molar-refractivity contribution < 1.29 is 9.32 Å². The van der Waals surface area contributed by atoms with E-state index >= 15 is 0 Å². The average Bonchev–Trinajstić information content (AvgIpc) is 3.04. The van der Waals surface area contributed by atoms with Crippen LogP contribution < -0.4 is 5.32 Å². The van der Waals surface area contributed by atoms with Crippen molar-refractivity contribution in [2.75, 3.05) is 0 Å². The van der Waals surface area contributed by atoms with Gasteiger partial charge in [-0.3, -0.25) is 4.79 Å². The maximum Gasteiger partial charge on any atom is 0.226 e. The van der Waals surface area contributed by atoms with Gasteiger partial charge in [0.15, 0.2) is 0 Å². The smallest absolute Gasteiger partial charge is 0.226 e. The number of rotatable bonds is 10. The number of halogens is 1. The standard InChI is InChI=1S/C20H28ClN3O2/c1-14(2)6-4-7-15(3)22-18(25)8-5-9-19-23-20(24-26-19)16-10-12-17(21)13-11-16/h10-15H,4-9H2,1-3H3,(H,22,25). The quantitative estimate of drug-likeness (QED) is 0.629. The predicted octanol–water partition coefficient (Wildman–Crippen LogP) is 5.04. The van der Waals surface area contributed by atoms with Crippen LogP contribution in [0.3, 0.4) is 0 Å². The molecule has 26 heavy (non-hydrogen) atoms. The number of aryl methyl sites for hydroxylation is 1. The monoisotopic (exact) mass is 377 g/mol. The number of nitrogens with zero attached hydrogens (tertiary/aromatic N) is 2. The third-order valence-corrected chi connectivity index (χ3v) is 4.44. The van der Waals surface area contributed by atoms with Gasteiger partial charge < -0.3 is 9.84 Å². The van der Waals surface area contributed by atoms with Gasteiger partial charge in [-0.25, -0.2) is 0 Å². The minimum absolute atomic E-state index is 0.0829. The molecule has 1 heterocycles. The van der Waals surface area contributed by atoms with Gasteiger partial charge in [0.2, 0.25) is 17.6 Å². The Kier molecular flexibility index (Phi) is 8.10. The van der Waals surface area contributed by atoms with E-state index in [1.165, 1.54) is 6.42 Å². The zero-order valence-corrected chi connectivity index (χ0v) is 16.6. The Hall–Kier alpha value is -1.88. The summed E-state index contributed by atoms with van der Waals surface area (Å²) in [4.78, 5) is 16.4. The molecule has 5 nitrogen and oxygen atoms in total. The predicted molar refractivity (Wildman–Crippen MR) is 104 cm³/mol. The maximum atomic E-state index is 12.0. The maximum absolute atomic E-state index is 12.0. The first-order chi connectivity index (χ1) is 12.4. The van der Waals surface area contributed by atoms with E-state index in [1.54, 1.807) is 12.1 Å². The lowest BCUT2D eigenvalue weighted by atomic mass is 10.0. The molecule has 6 heteroatoms. The molecule has 2 rings (SSSR count). The fraction of sp³-hybridized carbons (Fsp3) is 0.550. The molecule has 1 N–H and O–H groups in total. The zero-order valence-electron chi connectivity index (χ0n) is 15.8. The first-order valence-corrected chi connectivity index (χ1v) is 9.69. The molecule has 0 radical (unpaired) electrons. The molecule has 142 valence electrons. The van der Waals surface area contributed by atoms with Gasteiger partial charge >= 0.3 is 0 Å². The van der Waals surface area contributed by atoms with Crippen LogP contribution in [0.2, 0.25) is 5.02 Å². The van der Waals surface area contributed by atoms with Gasteiger partial charge in [-0.05, 0) is 49.9 Å². The van der Waals surface area contributed by atoms with E-state index in [9.17, 15) is 4.79 Å². The topological polar surface area (TPSA) is 68.0 Å². The molecule has 0 saturated heterocycles. The molecule has 0 aliphatic carbocycles. The Morgan fingerprint density at radius 2 is 1.88 bits per heavy atom. The third kappa shape index (κ3) is 7.16. The summed E-state index contributed by atoms with van der Waals surface area (Å²) in [6, 6.07) is 7.51. The van der Waals surface area contributed by atoms with Crippen LogP contribution in [0.1, 0.15) is 58.8 Å². The van der Waals surface area contributed by atoms with Gasteiger partial charge in [0.05, 0.1) is 0 Å². The lowest BCUT2D eigenvalue weighted by molar-refractivity contribution is -0.121. The Bertz CT molecular complexity index is 683. The fourth-order valence-electron chi connectivity index (χ4n) is 2.72. The molecule has 1 aromatic carbocycles. The van der Waals surface area contributed by atoms with E-state index in [4.69, 9.17) is 16.1 Å². The summed E-state index contributed by atoms with van der Waals surface area (Å²) in [6.07, 6.45) is 5.12. The summed E-state index contributed by atoms with van der Waals surface area (Å²) in [6.45, 7) is 6.51. The third-order valence-electron chi connectivity index (χ3n) is 4.19. The Morgan fingerprint density at radius 3 is 2.58 bits per heavy atom. The van der Waals surface area contributed by atoms with Crippen molar-refractivity contribution in [2.24, 2.45) is 5.92 Å². The number of hydrogen-bond donors (Lipinski definition) is 1. The van der Waals surface area contributed by atoms with Crippen LogP contribution in [-0.4, -0.2) is 22.1 Å². The second kappa shape index (κ2) is 10.3. The average molecular weight is 378 g/mol. The van der Waals surface area contributed by atoms with E-state index in [-0.39, 0.29) is 11.9 Å². The molecule has 0 aliphatic heterocycles. The highest BCUT2D eigenvalue weighted by molar-refractivity contribution is 6.30. The van der Waals surface area contributed by atoms with Gasteiger partial charge in [0, 0.05) is 29.5 Å². The minimum Gasteiger partial charge on any atom is -0.354 e. The van der Waals surface area contributed by atoms with Gasteiger partial charge in [0.25, 0.3) is 0 Å². The highest BCUT2D eigenvalue weighted by Gasteiger charge is 2.11. The van der Waals surface area contributed by atoms with Crippen LogP contribution in [0.15, 0.2) is 28.8 Å². The number of nitrogens with one attached hydrogen (secondary N) is 1. The molecule has 0 bridgehead atoms. The second-order valence-electron chi connectivity index (χ2n) is 7.17. The molecule has 1 aromatic heterocycles. The zero-order chi connectivity index (χ0) is 18.9. The van der Waals surface area contributed by atoms with E-state index in [2.05, 4.69) is 36.2 Å². The molecular formula is C20H28ClN3O2. The summed E-state index contributed by atoms with van der Waals surface area (Å²) in [5.74, 6) is 1.89. The van der Waals surface area contributed by atoms with Crippen molar-refractivity contribution in [3.63, 3.8) is 0 Å². The first-order valence-electron chi connectivity index (χ1n) is 9.32. The van der Waals surface area contributed by atoms with Gasteiger partial charge in [-0.15, -0.1) is 0 Å². The van der Waals surface area contributed by atoms with Crippen LogP contribution in [0, 0.1) is 5.92 Å². The number of carbonyl (C=O) groups excluding carboxylic acids is 1. The van der Waals surface area contributed by atoms with Crippen molar-refractivity contribution in [2.45, 2.75) is 65.3 Å².